The predicted octanol–water partition coefficient (Wildman–Crippen LogP) is 3.00. The fraction of sp³-hybridized carbons (Fsp3) is 0.273. The minimum atomic E-state index is -0.869. The Labute approximate surface area is 103 Å². The van der Waals surface area contributed by atoms with Crippen molar-refractivity contribution in [2.45, 2.75) is 12.3 Å². The molecule has 0 N–H and O–H groups in total. The molecule has 1 aromatic carbocycles. The van der Waals surface area contributed by atoms with Gasteiger partial charge in [0.25, 0.3) is 0 Å². The molecular weight excluding hydrogens is 251 g/mol. The summed E-state index contributed by atoms with van der Waals surface area (Å²) in [5, 5.41) is -0.483. The van der Waals surface area contributed by atoms with E-state index in [1.807, 2.05) is 0 Å². The van der Waals surface area contributed by atoms with Crippen LogP contribution >= 0.6 is 23.2 Å². The first-order chi connectivity index (χ1) is 7.47. The van der Waals surface area contributed by atoms with E-state index in [0.717, 1.165) is 0 Å². The topological polar surface area (TPSA) is 43.4 Å². The number of hydrogen-bond donors (Lipinski definition) is 0. The highest BCUT2D eigenvalue weighted by atomic mass is 35.5. The summed E-state index contributed by atoms with van der Waals surface area (Å²) in [6.45, 7) is 1.35. The maximum Gasteiger partial charge on any atom is 0.338 e. The zero-order valence-electron chi connectivity index (χ0n) is 8.79. The number of ketones is 1. The summed E-state index contributed by atoms with van der Waals surface area (Å²) in [5.74, 6) is -0.807. The number of carbonyl (C=O) groups excluding carboxylic acids is 2. The molecule has 1 aromatic rings. The van der Waals surface area contributed by atoms with E-state index in [9.17, 15) is 9.59 Å². The molecule has 0 saturated heterocycles. The maximum atomic E-state index is 11.5. The maximum absolute atomic E-state index is 11.5. The van der Waals surface area contributed by atoms with Crippen LogP contribution < -0.4 is 0 Å². The van der Waals surface area contributed by atoms with Crippen LogP contribution in [0, 0.1) is 0 Å². The number of carbonyl (C=O) groups is 2. The van der Waals surface area contributed by atoms with Crippen molar-refractivity contribution in [3.8, 4) is 0 Å². The summed E-state index contributed by atoms with van der Waals surface area (Å²) in [7, 11) is 1.25. The zero-order chi connectivity index (χ0) is 12.3. The summed E-state index contributed by atoms with van der Waals surface area (Å²) < 4.78 is 4.59. The number of hydrogen-bond acceptors (Lipinski definition) is 3. The van der Waals surface area contributed by atoms with Gasteiger partial charge in [0.1, 0.15) is 5.38 Å². The van der Waals surface area contributed by atoms with Gasteiger partial charge in [-0.15, -0.1) is 11.6 Å². The third-order valence-electron chi connectivity index (χ3n) is 2.05. The molecule has 0 saturated carbocycles. The Morgan fingerprint density at radius 2 is 2.00 bits per heavy atom. The van der Waals surface area contributed by atoms with E-state index in [0.29, 0.717) is 10.6 Å². The van der Waals surface area contributed by atoms with Crippen LogP contribution in [0.25, 0.3) is 0 Å². The summed E-state index contributed by atoms with van der Waals surface area (Å²) >= 11 is 11.7. The number of alkyl halides is 1. The fourth-order valence-electron chi connectivity index (χ4n) is 1.26. The molecule has 0 spiro atoms. The number of rotatable bonds is 3. The highest BCUT2D eigenvalue weighted by Crippen LogP contribution is 2.27. The molecule has 0 aliphatic rings. The van der Waals surface area contributed by atoms with Crippen LogP contribution in [-0.2, 0) is 9.53 Å². The Morgan fingerprint density at radius 3 is 2.50 bits per heavy atom. The number of benzene rings is 1. The van der Waals surface area contributed by atoms with E-state index in [1.54, 1.807) is 12.1 Å². The molecule has 0 radical (unpaired) electrons. The molecular formula is C11H10Cl2O3. The first-order valence-corrected chi connectivity index (χ1v) is 5.31. The van der Waals surface area contributed by atoms with Crippen molar-refractivity contribution in [1.29, 1.82) is 0 Å². The molecule has 86 valence electrons. The SMILES string of the molecule is COC(=O)c1cc(Cl)ccc1C(Cl)C(C)=O. The van der Waals surface area contributed by atoms with Gasteiger partial charge < -0.3 is 4.74 Å². The molecule has 1 atom stereocenters. The first-order valence-electron chi connectivity index (χ1n) is 4.49. The van der Waals surface area contributed by atoms with Gasteiger partial charge >= 0.3 is 5.97 Å². The molecule has 3 nitrogen and oxygen atoms in total. The van der Waals surface area contributed by atoms with E-state index in [2.05, 4.69) is 4.74 Å². The summed E-state index contributed by atoms with van der Waals surface area (Å²) in [6, 6.07) is 4.55. The second-order valence-electron chi connectivity index (χ2n) is 3.20. The Balaban J connectivity index is 3.27. The van der Waals surface area contributed by atoms with Crippen molar-refractivity contribution in [1.82, 2.24) is 0 Å². The van der Waals surface area contributed by atoms with Crippen LogP contribution in [0.15, 0.2) is 18.2 Å². The molecule has 0 amide bonds. The van der Waals surface area contributed by atoms with Gasteiger partial charge in [-0.1, -0.05) is 17.7 Å². The smallest absolute Gasteiger partial charge is 0.338 e. The summed E-state index contributed by atoms with van der Waals surface area (Å²) in [6.07, 6.45) is 0. The van der Waals surface area contributed by atoms with Gasteiger partial charge in [-0.2, -0.15) is 0 Å². The van der Waals surface area contributed by atoms with Crippen molar-refractivity contribution in [2.75, 3.05) is 7.11 Å². The molecule has 0 aliphatic carbocycles. The first kappa shape index (κ1) is 13.0. The molecule has 5 heteroatoms. The lowest BCUT2D eigenvalue weighted by molar-refractivity contribution is -0.116. The molecule has 1 rings (SSSR count). The van der Waals surface area contributed by atoms with E-state index >= 15 is 0 Å². The summed E-state index contributed by atoms with van der Waals surface area (Å²) in [5.41, 5.74) is 0.621. The lowest BCUT2D eigenvalue weighted by atomic mass is 10.0. The lowest BCUT2D eigenvalue weighted by Crippen LogP contribution is -2.10. The highest BCUT2D eigenvalue weighted by Gasteiger charge is 2.21. The molecule has 1 unspecified atom stereocenters. The van der Waals surface area contributed by atoms with Crippen molar-refractivity contribution < 1.29 is 14.3 Å². The Kier molecular flexibility index (Phi) is 4.33. The van der Waals surface area contributed by atoms with Gasteiger partial charge in [-0.25, -0.2) is 4.79 Å². The normalized spacial score (nSPS) is 12.0. The molecule has 0 fully saturated rings. The van der Waals surface area contributed by atoms with E-state index in [-0.39, 0.29) is 11.3 Å². The largest absolute Gasteiger partial charge is 0.465 e. The van der Waals surface area contributed by atoms with Crippen LogP contribution in [0.2, 0.25) is 5.02 Å². The number of halogens is 2. The number of Topliss-reactive ketones (excluding diaryl/α,β-unsaturated/α-hetero) is 1. The Morgan fingerprint density at radius 1 is 1.38 bits per heavy atom. The second kappa shape index (κ2) is 5.32. The Hall–Kier alpha value is -1.06. The Bertz CT molecular complexity index is 429. The summed E-state index contributed by atoms with van der Waals surface area (Å²) in [4.78, 5) is 22.6. The van der Waals surface area contributed by atoms with Crippen LogP contribution in [0.4, 0.5) is 0 Å². The average molecular weight is 261 g/mol. The quantitative estimate of drug-likeness (QED) is 0.620. The monoisotopic (exact) mass is 260 g/mol. The van der Waals surface area contributed by atoms with Gasteiger partial charge in [0.15, 0.2) is 5.78 Å². The average Bonchev–Trinajstić information content (AvgIpc) is 2.26. The van der Waals surface area contributed by atoms with Crippen molar-refractivity contribution >= 4 is 35.0 Å². The van der Waals surface area contributed by atoms with Gasteiger partial charge in [0.05, 0.1) is 12.7 Å². The van der Waals surface area contributed by atoms with Crippen LogP contribution in [0.3, 0.4) is 0 Å². The minimum Gasteiger partial charge on any atom is -0.465 e. The minimum absolute atomic E-state index is 0.213. The predicted molar refractivity (Wildman–Crippen MR) is 62.1 cm³/mol. The zero-order valence-corrected chi connectivity index (χ0v) is 10.3. The fourth-order valence-corrected chi connectivity index (χ4v) is 1.62. The molecule has 0 bridgehead atoms. The van der Waals surface area contributed by atoms with E-state index in [4.69, 9.17) is 23.2 Å². The van der Waals surface area contributed by atoms with Crippen LogP contribution in [0.1, 0.15) is 28.2 Å². The van der Waals surface area contributed by atoms with Gasteiger partial charge in [-0.05, 0) is 24.6 Å². The third kappa shape index (κ3) is 2.74. The second-order valence-corrected chi connectivity index (χ2v) is 4.07. The van der Waals surface area contributed by atoms with Gasteiger partial charge in [0, 0.05) is 5.02 Å². The van der Waals surface area contributed by atoms with E-state index < -0.39 is 11.3 Å². The number of ether oxygens (including phenoxy) is 1. The molecule has 16 heavy (non-hydrogen) atoms. The van der Waals surface area contributed by atoms with Crippen molar-refractivity contribution in [2.24, 2.45) is 0 Å². The number of esters is 1. The molecule has 0 aromatic heterocycles. The van der Waals surface area contributed by atoms with E-state index in [1.165, 1.54) is 20.1 Å². The standard InChI is InChI=1S/C11H10Cl2O3/c1-6(14)10(13)8-4-3-7(12)5-9(8)11(15)16-2/h3-5,10H,1-2H3. The lowest BCUT2D eigenvalue weighted by Gasteiger charge is -2.11. The van der Waals surface area contributed by atoms with Crippen molar-refractivity contribution in [3.63, 3.8) is 0 Å². The van der Waals surface area contributed by atoms with Gasteiger partial charge in [-0.3, -0.25) is 4.79 Å². The van der Waals surface area contributed by atoms with Crippen molar-refractivity contribution in [3.05, 3.63) is 34.3 Å². The van der Waals surface area contributed by atoms with Crippen LogP contribution in [-0.4, -0.2) is 18.9 Å². The van der Waals surface area contributed by atoms with Crippen LogP contribution in [0.5, 0.6) is 0 Å². The third-order valence-corrected chi connectivity index (χ3v) is 2.83. The van der Waals surface area contributed by atoms with Gasteiger partial charge in [0.2, 0.25) is 0 Å². The number of methoxy groups -OCH3 is 1. The highest BCUT2D eigenvalue weighted by molar-refractivity contribution is 6.32. The molecule has 0 aliphatic heterocycles. The molecule has 0 heterocycles.